The van der Waals surface area contributed by atoms with Crippen LogP contribution in [0.4, 0.5) is 9.93 Å². The summed E-state index contributed by atoms with van der Waals surface area (Å²) in [6.07, 6.45) is 1.75. The van der Waals surface area contributed by atoms with Gasteiger partial charge in [0.1, 0.15) is 0 Å². The number of benzene rings is 1. The van der Waals surface area contributed by atoms with Gasteiger partial charge in [0.15, 0.2) is 11.4 Å². The third-order valence-electron chi connectivity index (χ3n) is 4.37. The third-order valence-corrected chi connectivity index (χ3v) is 5.32. The van der Waals surface area contributed by atoms with Crippen LogP contribution in [0.5, 0.6) is 0 Å². The van der Waals surface area contributed by atoms with E-state index in [1.165, 1.54) is 11.3 Å². The molecule has 2 fully saturated rings. The summed E-state index contributed by atoms with van der Waals surface area (Å²) in [7, 11) is 0. The molecule has 23 heavy (non-hydrogen) atoms. The standard InChI is InChI=1S/C16H19N3O3S/c20-16(18-15-17-12-3-1-2-4-13(12)23-15)19-7-5-11(6-8-19)14-21-9-10-22-14/h1-4,11,14H,5-10H2,(H,17,18,20). The number of likely N-dealkylation sites (tertiary alicyclic amines) is 1. The lowest BCUT2D eigenvalue weighted by Crippen LogP contribution is -2.43. The van der Waals surface area contributed by atoms with Crippen LogP contribution in [0.1, 0.15) is 12.8 Å². The molecule has 0 aliphatic carbocycles. The fraction of sp³-hybridized carbons (Fsp3) is 0.500. The van der Waals surface area contributed by atoms with Gasteiger partial charge in [-0.1, -0.05) is 23.5 Å². The predicted octanol–water partition coefficient (Wildman–Crippen LogP) is 2.91. The van der Waals surface area contributed by atoms with Gasteiger partial charge in [0, 0.05) is 19.0 Å². The Labute approximate surface area is 138 Å². The molecule has 2 aromatic rings. The van der Waals surface area contributed by atoms with Gasteiger partial charge in [-0.05, 0) is 25.0 Å². The van der Waals surface area contributed by atoms with Gasteiger partial charge in [-0.15, -0.1) is 0 Å². The topological polar surface area (TPSA) is 63.7 Å². The molecule has 0 unspecified atom stereocenters. The van der Waals surface area contributed by atoms with E-state index in [1.54, 1.807) is 0 Å². The minimum Gasteiger partial charge on any atom is -0.350 e. The molecule has 2 aliphatic rings. The lowest BCUT2D eigenvalue weighted by Gasteiger charge is -2.33. The minimum atomic E-state index is -0.0792. The molecule has 122 valence electrons. The molecule has 1 N–H and O–H groups in total. The summed E-state index contributed by atoms with van der Waals surface area (Å²) in [4.78, 5) is 18.7. The van der Waals surface area contributed by atoms with Crippen molar-refractivity contribution in [2.24, 2.45) is 5.92 Å². The maximum atomic E-state index is 12.4. The molecule has 2 amide bonds. The zero-order chi connectivity index (χ0) is 15.6. The Hall–Kier alpha value is -1.70. The molecule has 3 heterocycles. The number of amides is 2. The lowest BCUT2D eigenvalue weighted by molar-refractivity contribution is -0.0950. The molecule has 6 nitrogen and oxygen atoms in total. The quantitative estimate of drug-likeness (QED) is 0.918. The van der Waals surface area contributed by atoms with Crippen molar-refractivity contribution in [3.05, 3.63) is 24.3 Å². The number of rotatable bonds is 2. The first-order valence-corrected chi connectivity index (χ1v) is 8.76. The number of hydrogen-bond acceptors (Lipinski definition) is 5. The molecular weight excluding hydrogens is 314 g/mol. The molecule has 1 aromatic heterocycles. The van der Waals surface area contributed by atoms with Crippen molar-refractivity contribution in [1.29, 1.82) is 0 Å². The van der Waals surface area contributed by atoms with E-state index in [0.29, 0.717) is 24.3 Å². The van der Waals surface area contributed by atoms with Crippen molar-refractivity contribution in [1.82, 2.24) is 9.88 Å². The van der Waals surface area contributed by atoms with Gasteiger partial charge < -0.3 is 14.4 Å². The fourth-order valence-corrected chi connectivity index (χ4v) is 3.98. The first-order valence-electron chi connectivity index (χ1n) is 7.94. The number of ether oxygens (including phenoxy) is 2. The number of carbonyl (C=O) groups excluding carboxylic acids is 1. The molecule has 0 saturated carbocycles. The predicted molar refractivity (Wildman–Crippen MR) is 88.6 cm³/mol. The molecule has 0 atom stereocenters. The highest BCUT2D eigenvalue weighted by atomic mass is 32.1. The van der Waals surface area contributed by atoms with Crippen molar-refractivity contribution < 1.29 is 14.3 Å². The Balaban J connectivity index is 1.34. The molecule has 7 heteroatoms. The maximum absolute atomic E-state index is 12.4. The second-order valence-corrected chi connectivity index (χ2v) is 6.88. The highest BCUT2D eigenvalue weighted by molar-refractivity contribution is 7.22. The van der Waals surface area contributed by atoms with Gasteiger partial charge in [-0.2, -0.15) is 0 Å². The number of nitrogens with one attached hydrogen (secondary N) is 1. The van der Waals surface area contributed by atoms with Gasteiger partial charge >= 0.3 is 6.03 Å². The summed E-state index contributed by atoms with van der Waals surface area (Å²) in [5.41, 5.74) is 0.919. The van der Waals surface area contributed by atoms with Crippen molar-refractivity contribution in [3.8, 4) is 0 Å². The van der Waals surface area contributed by atoms with Crippen molar-refractivity contribution in [2.75, 3.05) is 31.6 Å². The highest BCUT2D eigenvalue weighted by Gasteiger charge is 2.31. The van der Waals surface area contributed by atoms with Crippen molar-refractivity contribution in [2.45, 2.75) is 19.1 Å². The Kier molecular flexibility index (Phi) is 4.15. The van der Waals surface area contributed by atoms with E-state index < -0.39 is 0 Å². The summed E-state index contributed by atoms with van der Waals surface area (Å²) in [5, 5.41) is 3.57. The number of urea groups is 1. The average Bonchev–Trinajstić information content (AvgIpc) is 3.24. The van der Waals surface area contributed by atoms with Crippen LogP contribution in [0.25, 0.3) is 10.2 Å². The average molecular weight is 333 g/mol. The van der Waals surface area contributed by atoms with E-state index in [2.05, 4.69) is 10.3 Å². The largest absolute Gasteiger partial charge is 0.350 e. The normalized spacial score (nSPS) is 20.3. The van der Waals surface area contributed by atoms with E-state index in [9.17, 15) is 4.79 Å². The van der Waals surface area contributed by atoms with Crippen LogP contribution < -0.4 is 5.32 Å². The number of thiazole rings is 1. The van der Waals surface area contributed by atoms with E-state index in [1.807, 2.05) is 29.2 Å². The molecular formula is C16H19N3O3S. The number of piperidine rings is 1. The number of fused-ring (bicyclic) bond motifs is 1. The van der Waals surface area contributed by atoms with E-state index >= 15 is 0 Å². The molecule has 0 spiro atoms. The van der Waals surface area contributed by atoms with Crippen molar-refractivity contribution >= 4 is 32.7 Å². The van der Waals surface area contributed by atoms with Gasteiger partial charge in [0.05, 0.1) is 23.4 Å². The van der Waals surface area contributed by atoms with Crippen LogP contribution in [0.15, 0.2) is 24.3 Å². The van der Waals surface area contributed by atoms with E-state index in [-0.39, 0.29) is 12.3 Å². The Morgan fingerprint density at radius 2 is 1.96 bits per heavy atom. The van der Waals surface area contributed by atoms with Crippen LogP contribution in [-0.4, -0.2) is 48.5 Å². The zero-order valence-electron chi connectivity index (χ0n) is 12.7. The highest BCUT2D eigenvalue weighted by Crippen LogP contribution is 2.28. The smallest absolute Gasteiger partial charge is 0.323 e. The third kappa shape index (κ3) is 3.17. The Morgan fingerprint density at radius 3 is 2.70 bits per heavy atom. The summed E-state index contributed by atoms with van der Waals surface area (Å²) in [6, 6.07) is 7.82. The molecule has 0 radical (unpaired) electrons. The number of hydrogen-bond donors (Lipinski definition) is 1. The van der Waals surface area contributed by atoms with Crippen LogP contribution in [0, 0.1) is 5.92 Å². The Morgan fingerprint density at radius 1 is 1.22 bits per heavy atom. The summed E-state index contributed by atoms with van der Waals surface area (Å²) in [5.74, 6) is 0.393. The van der Waals surface area contributed by atoms with Crippen molar-refractivity contribution in [3.63, 3.8) is 0 Å². The summed E-state index contributed by atoms with van der Waals surface area (Å²) >= 11 is 1.50. The van der Waals surface area contributed by atoms with Crippen LogP contribution in [0.2, 0.25) is 0 Å². The number of anilines is 1. The number of aromatic nitrogens is 1. The first kappa shape index (κ1) is 14.9. The second kappa shape index (κ2) is 6.43. The monoisotopic (exact) mass is 333 g/mol. The fourth-order valence-electron chi connectivity index (χ4n) is 3.12. The molecule has 1 aromatic carbocycles. The van der Waals surface area contributed by atoms with Gasteiger partial charge in [0.25, 0.3) is 0 Å². The summed E-state index contributed by atoms with van der Waals surface area (Å²) in [6.45, 7) is 2.82. The van der Waals surface area contributed by atoms with Gasteiger partial charge in [-0.25, -0.2) is 9.78 Å². The van der Waals surface area contributed by atoms with Crippen LogP contribution in [-0.2, 0) is 9.47 Å². The van der Waals surface area contributed by atoms with Crippen LogP contribution >= 0.6 is 11.3 Å². The second-order valence-electron chi connectivity index (χ2n) is 5.85. The number of carbonyl (C=O) groups is 1. The van der Waals surface area contributed by atoms with E-state index in [4.69, 9.17) is 9.47 Å². The lowest BCUT2D eigenvalue weighted by atomic mass is 9.96. The first-order chi connectivity index (χ1) is 11.3. The molecule has 2 saturated heterocycles. The SMILES string of the molecule is O=C(Nc1nc2ccccc2s1)N1CCC(C2OCCO2)CC1. The number of para-hydroxylation sites is 1. The van der Waals surface area contributed by atoms with E-state index in [0.717, 1.165) is 36.1 Å². The maximum Gasteiger partial charge on any atom is 0.323 e. The minimum absolute atomic E-state index is 0.0734. The molecule has 4 rings (SSSR count). The van der Waals surface area contributed by atoms with Gasteiger partial charge in [0.2, 0.25) is 0 Å². The van der Waals surface area contributed by atoms with Gasteiger partial charge in [-0.3, -0.25) is 5.32 Å². The van der Waals surface area contributed by atoms with Crippen LogP contribution in [0.3, 0.4) is 0 Å². The summed E-state index contributed by atoms with van der Waals surface area (Å²) < 4.78 is 12.2. The Bertz CT molecular complexity index is 658. The molecule has 2 aliphatic heterocycles. The zero-order valence-corrected chi connectivity index (χ0v) is 13.6. The molecule has 0 bridgehead atoms. The number of nitrogens with zero attached hydrogens (tertiary/aromatic N) is 2.